The number of thioether (sulfide) groups is 1. The van der Waals surface area contributed by atoms with Crippen molar-refractivity contribution in [1.82, 2.24) is 5.32 Å². The predicted molar refractivity (Wildman–Crippen MR) is 68.6 cm³/mol. The van der Waals surface area contributed by atoms with Gasteiger partial charge in [0, 0.05) is 11.3 Å². The van der Waals surface area contributed by atoms with Crippen LogP contribution >= 0.6 is 11.8 Å². The van der Waals surface area contributed by atoms with Crippen LogP contribution in [0.5, 0.6) is 0 Å². The summed E-state index contributed by atoms with van der Waals surface area (Å²) in [6.07, 6.45) is 2.61. The normalized spacial score (nSPS) is 25.8. The summed E-state index contributed by atoms with van der Waals surface area (Å²) in [4.78, 5) is 11.5. The Morgan fingerprint density at radius 1 is 1.44 bits per heavy atom. The van der Waals surface area contributed by atoms with Gasteiger partial charge < -0.3 is 10.4 Å². The van der Waals surface area contributed by atoms with Gasteiger partial charge in [-0.3, -0.25) is 4.79 Å². The molecule has 1 saturated carbocycles. The first kappa shape index (κ1) is 13.8. The van der Waals surface area contributed by atoms with Crippen molar-refractivity contribution in [3.05, 3.63) is 0 Å². The summed E-state index contributed by atoms with van der Waals surface area (Å²) in [5, 5.41) is 12.3. The molecule has 0 heterocycles. The molecule has 94 valence electrons. The highest BCUT2D eigenvalue weighted by molar-refractivity contribution is 8.01. The standard InChI is InChI=1S/C12H23NO2S/c1-12(2,3)16-8-11(15)13-7-9-4-5-10(14)6-9/h9-10,14H,4-8H2,1-3H3,(H,13,15). The number of nitrogens with one attached hydrogen (secondary N) is 1. The first-order valence-corrected chi connectivity index (χ1v) is 6.94. The van der Waals surface area contributed by atoms with E-state index in [1.54, 1.807) is 11.8 Å². The van der Waals surface area contributed by atoms with Gasteiger partial charge in [-0.1, -0.05) is 20.8 Å². The molecule has 16 heavy (non-hydrogen) atoms. The lowest BCUT2D eigenvalue weighted by Crippen LogP contribution is -2.31. The lowest BCUT2D eigenvalue weighted by Gasteiger charge is -2.17. The quantitative estimate of drug-likeness (QED) is 0.794. The summed E-state index contributed by atoms with van der Waals surface area (Å²) < 4.78 is 0.140. The van der Waals surface area contributed by atoms with Crippen LogP contribution in [0.1, 0.15) is 40.0 Å². The fourth-order valence-electron chi connectivity index (χ4n) is 1.83. The van der Waals surface area contributed by atoms with Crippen LogP contribution in [-0.4, -0.2) is 34.2 Å². The zero-order chi connectivity index (χ0) is 12.2. The molecule has 1 aliphatic rings. The molecule has 1 aliphatic carbocycles. The third-order valence-corrected chi connectivity index (χ3v) is 4.01. The maximum absolute atomic E-state index is 11.5. The van der Waals surface area contributed by atoms with Gasteiger partial charge in [-0.15, -0.1) is 11.8 Å². The first-order valence-electron chi connectivity index (χ1n) is 5.95. The smallest absolute Gasteiger partial charge is 0.230 e. The molecule has 3 nitrogen and oxygen atoms in total. The maximum atomic E-state index is 11.5. The molecule has 4 heteroatoms. The van der Waals surface area contributed by atoms with Crippen molar-refractivity contribution in [3.63, 3.8) is 0 Å². The van der Waals surface area contributed by atoms with Crippen LogP contribution in [0.25, 0.3) is 0 Å². The van der Waals surface area contributed by atoms with Crippen LogP contribution in [0.2, 0.25) is 0 Å². The second-order valence-corrected chi connectivity index (χ2v) is 7.34. The molecule has 0 saturated heterocycles. The van der Waals surface area contributed by atoms with Crippen LogP contribution in [0, 0.1) is 5.92 Å². The van der Waals surface area contributed by atoms with E-state index >= 15 is 0 Å². The molecule has 2 unspecified atom stereocenters. The Hall–Kier alpha value is -0.220. The topological polar surface area (TPSA) is 49.3 Å². The van der Waals surface area contributed by atoms with Gasteiger partial charge in [0.1, 0.15) is 0 Å². The fraction of sp³-hybridized carbons (Fsp3) is 0.917. The summed E-state index contributed by atoms with van der Waals surface area (Å²) in [7, 11) is 0. The minimum Gasteiger partial charge on any atom is -0.393 e. The number of carbonyl (C=O) groups excluding carboxylic acids is 1. The Morgan fingerprint density at radius 2 is 2.12 bits per heavy atom. The highest BCUT2D eigenvalue weighted by atomic mass is 32.2. The molecule has 1 amide bonds. The Balaban J connectivity index is 2.11. The van der Waals surface area contributed by atoms with E-state index in [0.717, 1.165) is 25.8 Å². The minimum atomic E-state index is -0.147. The van der Waals surface area contributed by atoms with Crippen LogP contribution < -0.4 is 5.32 Å². The molecule has 2 atom stereocenters. The molecule has 0 aromatic carbocycles. The number of hydrogen-bond donors (Lipinski definition) is 2. The monoisotopic (exact) mass is 245 g/mol. The Morgan fingerprint density at radius 3 is 2.62 bits per heavy atom. The van der Waals surface area contributed by atoms with Gasteiger partial charge in [-0.05, 0) is 25.2 Å². The van der Waals surface area contributed by atoms with Gasteiger partial charge >= 0.3 is 0 Å². The van der Waals surface area contributed by atoms with Crippen molar-refractivity contribution >= 4 is 17.7 Å². The van der Waals surface area contributed by atoms with Crippen LogP contribution in [0.3, 0.4) is 0 Å². The third-order valence-electron chi connectivity index (χ3n) is 2.74. The highest BCUT2D eigenvalue weighted by Crippen LogP contribution is 2.25. The number of amides is 1. The van der Waals surface area contributed by atoms with E-state index < -0.39 is 0 Å². The summed E-state index contributed by atoms with van der Waals surface area (Å²) in [5.74, 6) is 1.11. The van der Waals surface area contributed by atoms with Gasteiger partial charge in [0.15, 0.2) is 0 Å². The average molecular weight is 245 g/mol. The van der Waals surface area contributed by atoms with E-state index in [1.165, 1.54) is 0 Å². The molecule has 0 aromatic rings. The average Bonchev–Trinajstić information content (AvgIpc) is 2.57. The van der Waals surface area contributed by atoms with Gasteiger partial charge in [0.05, 0.1) is 11.9 Å². The molecule has 1 rings (SSSR count). The highest BCUT2D eigenvalue weighted by Gasteiger charge is 2.23. The fourth-order valence-corrected chi connectivity index (χ4v) is 2.49. The number of hydrogen-bond acceptors (Lipinski definition) is 3. The Bertz CT molecular complexity index is 238. The molecule has 1 fully saturated rings. The molecular weight excluding hydrogens is 222 g/mol. The lowest BCUT2D eigenvalue weighted by molar-refractivity contribution is -0.118. The van der Waals surface area contributed by atoms with Crippen molar-refractivity contribution < 1.29 is 9.90 Å². The van der Waals surface area contributed by atoms with Gasteiger partial charge in [0.25, 0.3) is 0 Å². The molecule has 0 bridgehead atoms. The van der Waals surface area contributed by atoms with Crippen molar-refractivity contribution in [1.29, 1.82) is 0 Å². The number of rotatable bonds is 4. The van der Waals surface area contributed by atoms with Gasteiger partial charge in [-0.25, -0.2) is 0 Å². The lowest BCUT2D eigenvalue weighted by atomic mass is 10.1. The van der Waals surface area contributed by atoms with E-state index in [1.807, 2.05) is 0 Å². The van der Waals surface area contributed by atoms with Crippen molar-refractivity contribution in [2.24, 2.45) is 5.92 Å². The third kappa shape index (κ3) is 5.75. The van der Waals surface area contributed by atoms with E-state index in [-0.39, 0.29) is 16.8 Å². The van der Waals surface area contributed by atoms with Crippen LogP contribution in [0.15, 0.2) is 0 Å². The second-order valence-electron chi connectivity index (χ2n) is 5.54. The largest absolute Gasteiger partial charge is 0.393 e. The SMILES string of the molecule is CC(C)(C)SCC(=O)NCC1CCC(O)C1. The Labute approximate surface area is 102 Å². The maximum Gasteiger partial charge on any atom is 0.230 e. The molecule has 0 aromatic heterocycles. The molecule has 0 aliphatic heterocycles. The number of aliphatic hydroxyl groups excluding tert-OH is 1. The van der Waals surface area contributed by atoms with Gasteiger partial charge in [-0.2, -0.15) is 0 Å². The minimum absolute atomic E-state index is 0.112. The zero-order valence-electron chi connectivity index (χ0n) is 10.5. The number of aliphatic hydroxyl groups is 1. The second kappa shape index (κ2) is 5.92. The molecular formula is C12H23NO2S. The first-order chi connectivity index (χ1) is 7.37. The zero-order valence-corrected chi connectivity index (χ0v) is 11.3. The summed E-state index contributed by atoms with van der Waals surface area (Å²) in [6, 6.07) is 0. The van der Waals surface area contributed by atoms with E-state index in [0.29, 0.717) is 11.7 Å². The molecule has 0 spiro atoms. The van der Waals surface area contributed by atoms with Crippen LogP contribution in [-0.2, 0) is 4.79 Å². The van der Waals surface area contributed by atoms with Crippen molar-refractivity contribution in [2.75, 3.05) is 12.3 Å². The summed E-state index contributed by atoms with van der Waals surface area (Å²) in [6.45, 7) is 7.05. The predicted octanol–water partition coefficient (Wildman–Crippen LogP) is 1.80. The Kier molecular flexibility index (Phi) is 5.12. The van der Waals surface area contributed by atoms with E-state index in [2.05, 4.69) is 26.1 Å². The van der Waals surface area contributed by atoms with Crippen LogP contribution in [0.4, 0.5) is 0 Å². The molecule has 2 N–H and O–H groups in total. The van der Waals surface area contributed by atoms with Crippen molar-refractivity contribution in [2.45, 2.75) is 50.9 Å². The van der Waals surface area contributed by atoms with E-state index in [4.69, 9.17) is 0 Å². The van der Waals surface area contributed by atoms with Gasteiger partial charge in [0.2, 0.25) is 5.91 Å². The van der Waals surface area contributed by atoms with Crippen molar-refractivity contribution in [3.8, 4) is 0 Å². The summed E-state index contributed by atoms with van der Waals surface area (Å²) >= 11 is 1.66. The summed E-state index contributed by atoms with van der Waals surface area (Å²) in [5.41, 5.74) is 0. The molecule has 0 radical (unpaired) electrons. The van der Waals surface area contributed by atoms with E-state index in [9.17, 15) is 9.90 Å². The number of carbonyl (C=O) groups is 1.